The highest BCUT2D eigenvalue weighted by Crippen LogP contribution is 2.10. The molecule has 1 amide bonds. The van der Waals surface area contributed by atoms with E-state index < -0.39 is 0 Å². The van der Waals surface area contributed by atoms with Gasteiger partial charge in [0.05, 0.1) is 12.6 Å². The molecule has 0 aromatic rings. The average Bonchev–Trinajstić information content (AvgIpc) is 1.96. The first-order valence-corrected chi connectivity index (χ1v) is 4.16. The van der Waals surface area contributed by atoms with Crippen LogP contribution in [0.15, 0.2) is 0 Å². The predicted octanol–water partition coefficient (Wildman–Crippen LogP) is 0.303. The van der Waals surface area contributed by atoms with Crippen LogP contribution in [0.25, 0.3) is 0 Å². The fourth-order valence-corrected chi connectivity index (χ4v) is 0.969. The van der Waals surface area contributed by atoms with Gasteiger partial charge in [0.1, 0.15) is 6.10 Å². The summed E-state index contributed by atoms with van der Waals surface area (Å²) >= 11 is 0. The number of terminal acetylenes is 1. The molecule has 0 aromatic carbocycles. The third-order valence-corrected chi connectivity index (χ3v) is 1.92. The zero-order valence-corrected chi connectivity index (χ0v) is 7.17. The standard InChI is InChI=1S/C9H13NO2/c1-3-7(4-2)10-9(11)8-5-6-12-8/h1,7-8H,4-6H2,2H3,(H,10,11). The maximum atomic E-state index is 11.2. The Morgan fingerprint density at radius 1 is 1.92 bits per heavy atom. The number of rotatable bonds is 3. The van der Waals surface area contributed by atoms with Crippen molar-refractivity contribution in [1.82, 2.24) is 5.32 Å². The molecule has 2 unspecified atom stereocenters. The van der Waals surface area contributed by atoms with E-state index in [1.54, 1.807) is 0 Å². The zero-order chi connectivity index (χ0) is 8.97. The monoisotopic (exact) mass is 167 g/mol. The summed E-state index contributed by atoms with van der Waals surface area (Å²) in [6.45, 7) is 2.62. The normalized spacial score (nSPS) is 23.5. The number of nitrogens with one attached hydrogen (secondary N) is 1. The molecule has 1 fully saturated rings. The fraction of sp³-hybridized carbons (Fsp3) is 0.667. The summed E-state index contributed by atoms with van der Waals surface area (Å²) in [7, 11) is 0. The highest BCUT2D eigenvalue weighted by atomic mass is 16.5. The van der Waals surface area contributed by atoms with Gasteiger partial charge < -0.3 is 10.1 Å². The molecule has 1 heterocycles. The van der Waals surface area contributed by atoms with E-state index >= 15 is 0 Å². The molecule has 1 N–H and O–H groups in total. The summed E-state index contributed by atoms with van der Waals surface area (Å²) in [5, 5.41) is 2.72. The van der Waals surface area contributed by atoms with Gasteiger partial charge in [0.2, 0.25) is 5.91 Å². The van der Waals surface area contributed by atoms with E-state index in [9.17, 15) is 4.79 Å². The van der Waals surface area contributed by atoms with E-state index in [2.05, 4.69) is 11.2 Å². The van der Waals surface area contributed by atoms with E-state index in [1.807, 2.05) is 6.92 Å². The Balaban J connectivity index is 2.29. The summed E-state index contributed by atoms with van der Waals surface area (Å²) in [4.78, 5) is 11.2. The quantitative estimate of drug-likeness (QED) is 0.614. The third-order valence-electron chi connectivity index (χ3n) is 1.92. The zero-order valence-electron chi connectivity index (χ0n) is 7.17. The molecule has 0 aromatic heterocycles. The second-order valence-electron chi connectivity index (χ2n) is 2.78. The largest absolute Gasteiger partial charge is 0.368 e. The lowest BCUT2D eigenvalue weighted by molar-refractivity contribution is -0.145. The summed E-state index contributed by atoms with van der Waals surface area (Å²) in [5.41, 5.74) is 0. The average molecular weight is 167 g/mol. The van der Waals surface area contributed by atoms with Gasteiger partial charge in [0.15, 0.2) is 0 Å². The summed E-state index contributed by atoms with van der Waals surface area (Å²) in [5.74, 6) is 2.42. The van der Waals surface area contributed by atoms with E-state index in [-0.39, 0.29) is 18.1 Å². The molecule has 0 bridgehead atoms. The van der Waals surface area contributed by atoms with Crippen molar-refractivity contribution < 1.29 is 9.53 Å². The molecule has 0 spiro atoms. The van der Waals surface area contributed by atoms with Crippen LogP contribution < -0.4 is 5.32 Å². The lowest BCUT2D eigenvalue weighted by atomic mass is 10.1. The number of ether oxygens (including phenoxy) is 1. The SMILES string of the molecule is C#CC(CC)NC(=O)C1CCO1. The van der Waals surface area contributed by atoms with Crippen molar-refractivity contribution in [2.75, 3.05) is 6.61 Å². The Labute approximate surface area is 72.5 Å². The van der Waals surface area contributed by atoms with Crippen molar-refractivity contribution in [3.63, 3.8) is 0 Å². The molecule has 0 saturated carbocycles. The highest BCUT2D eigenvalue weighted by Gasteiger charge is 2.26. The van der Waals surface area contributed by atoms with Crippen molar-refractivity contribution >= 4 is 5.91 Å². The van der Waals surface area contributed by atoms with Gasteiger partial charge in [0, 0.05) is 6.42 Å². The summed E-state index contributed by atoms with van der Waals surface area (Å²) in [6.07, 6.45) is 6.50. The maximum Gasteiger partial charge on any atom is 0.250 e. The van der Waals surface area contributed by atoms with Crippen LogP contribution in [0, 0.1) is 12.3 Å². The van der Waals surface area contributed by atoms with Gasteiger partial charge in [0.25, 0.3) is 0 Å². The number of carbonyl (C=O) groups is 1. The minimum atomic E-state index is -0.257. The van der Waals surface area contributed by atoms with Gasteiger partial charge >= 0.3 is 0 Å². The fourth-order valence-electron chi connectivity index (χ4n) is 0.969. The van der Waals surface area contributed by atoms with Crippen LogP contribution in [0.1, 0.15) is 19.8 Å². The molecule has 1 saturated heterocycles. The van der Waals surface area contributed by atoms with Gasteiger partial charge in [-0.2, -0.15) is 0 Å². The topological polar surface area (TPSA) is 38.3 Å². The molecule has 3 nitrogen and oxygen atoms in total. The van der Waals surface area contributed by atoms with Crippen LogP contribution in [-0.2, 0) is 9.53 Å². The van der Waals surface area contributed by atoms with Gasteiger partial charge in [-0.1, -0.05) is 12.8 Å². The number of hydrogen-bond acceptors (Lipinski definition) is 2. The second kappa shape index (κ2) is 4.13. The molecule has 1 aliphatic heterocycles. The molecular formula is C9H13NO2. The van der Waals surface area contributed by atoms with Crippen LogP contribution in [-0.4, -0.2) is 24.7 Å². The molecule has 66 valence electrons. The molecule has 2 atom stereocenters. The Bertz CT molecular complexity index is 203. The van der Waals surface area contributed by atoms with E-state index in [0.717, 1.165) is 12.8 Å². The summed E-state index contributed by atoms with van der Waals surface area (Å²) in [6, 6.07) is -0.151. The second-order valence-corrected chi connectivity index (χ2v) is 2.78. The smallest absolute Gasteiger partial charge is 0.250 e. The van der Waals surface area contributed by atoms with Crippen LogP contribution in [0.3, 0.4) is 0 Å². The Morgan fingerprint density at radius 3 is 2.92 bits per heavy atom. The minimum Gasteiger partial charge on any atom is -0.368 e. The lowest BCUT2D eigenvalue weighted by Gasteiger charge is -2.26. The molecule has 3 heteroatoms. The number of amides is 1. The molecule has 1 aliphatic rings. The summed E-state index contributed by atoms with van der Waals surface area (Å²) < 4.78 is 5.00. The predicted molar refractivity (Wildman–Crippen MR) is 45.4 cm³/mol. The number of carbonyl (C=O) groups excluding carboxylic acids is 1. The molecule has 0 radical (unpaired) electrons. The van der Waals surface area contributed by atoms with Crippen LogP contribution in [0.4, 0.5) is 0 Å². The van der Waals surface area contributed by atoms with Crippen LogP contribution >= 0.6 is 0 Å². The van der Waals surface area contributed by atoms with Crippen molar-refractivity contribution in [3.05, 3.63) is 0 Å². The minimum absolute atomic E-state index is 0.0777. The third kappa shape index (κ3) is 1.99. The van der Waals surface area contributed by atoms with Crippen molar-refractivity contribution in [1.29, 1.82) is 0 Å². The lowest BCUT2D eigenvalue weighted by Crippen LogP contribution is -2.46. The van der Waals surface area contributed by atoms with Crippen molar-refractivity contribution in [2.45, 2.75) is 31.9 Å². The number of hydrogen-bond donors (Lipinski definition) is 1. The first kappa shape index (κ1) is 9.08. The first-order chi connectivity index (χ1) is 5.77. The van der Waals surface area contributed by atoms with Crippen LogP contribution in [0.2, 0.25) is 0 Å². The van der Waals surface area contributed by atoms with E-state index in [0.29, 0.717) is 6.61 Å². The van der Waals surface area contributed by atoms with E-state index in [1.165, 1.54) is 0 Å². The molecule has 12 heavy (non-hydrogen) atoms. The Kier molecular flexibility index (Phi) is 3.12. The van der Waals surface area contributed by atoms with Gasteiger partial charge in [-0.3, -0.25) is 4.79 Å². The molecular weight excluding hydrogens is 154 g/mol. The van der Waals surface area contributed by atoms with E-state index in [4.69, 9.17) is 11.2 Å². The highest BCUT2D eigenvalue weighted by molar-refractivity contribution is 5.82. The Morgan fingerprint density at radius 2 is 2.58 bits per heavy atom. The molecule has 1 rings (SSSR count). The Hall–Kier alpha value is -1.01. The van der Waals surface area contributed by atoms with Gasteiger partial charge in [-0.25, -0.2) is 0 Å². The van der Waals surface area contributed by atoms with Crippen LogP contribution in [0.5, 0.6) is 0 Å². The maximum absolute atomic E-state index is 11.2. The van der Waals surface area contributed by atoms with Crippen molar-refractivity contribution in [3.8, 4) is 12.3 Å². The van der Waals surface area contributed by atoms with Gasteiger partial charge in [-0.05, 0) is 6.42 Å². The first-order valence-electron chi connectivity index (χ1n) is 4.16. The molecule has 0 aliphatic carbocycles. The van der Waals surface area contributed by atoms with Crippen molar-refractivity contribution in [2.24, 2.45) is 0 Å². The van der Waals surface area contributed by atoms with Gasteiger partial charge in [-0.15, -0.1) is 6.42 Å².